The van der Waals surface area contributed by atoms with Crippen LogP contribution in [0.3, 0.4) is 0 Å². The lowest BCUT2D eigenvalue weighted by Crippen LogP contribution is -2.68. The van der Waals surface area contributed by atoms with E-state index in [9.17, 15) is 80.6 Å². The van der Waals surface area contributed by atoms with E-state index in [1.807, 2.05) is 0 Å². The number of benzene rings is 1. The maximum Gasteiger partial charge on any atom is 0.364 e. The molecular weight excluding hydrogens is 854 g/mol. The van der Waals surface area contributed by atoms with Crippen LogP contribution in [0.1, 0.15) is 37.6 Å². The summed E-state index contributed by atoms with van der Waals surface area (Å²) >= 11 is 0. The zero-order chi connectivity index (χ0) is 47.2. The van der Waals surface area contributed by atoms with Crippen LogP contribution >= 0.6 is 0 Å². The van der Waals surface area contributed by atoms with Crippen LogP contribution in [0.25, 0.3) is 0 Å². The molecule has 3 rings (SSSR count). The Morgan fingerprint density at radius 3 is 2.16 bits per heavy atom. The number of aliphatic hydroxyl groups is 10. The lowest BCUT2D eigenvalue weighted by Gasteiger charge is -2.47. The number of aliphatic hydroxyl groups excluding tert-OH is 10. The van der Waals surface area contributed by atoms with E-state index in [0.717, 1.165) is 13.8 Å². The molecule has 1 aromatic rings. The number of nitrogens with one attached hydrogen (secondary N) is 2. The first-order valence-electron chi connectivity index (χ1n) is 19.8. The Labute approximate surface area is 359 Å². The minimum atomic E-state index is -2.94. The number of aliphatic carboxylic acids is 1. The summed E-state index contributed by atoms with van der Waals surface area (Å²) in [6, 6.07) is 2.47. The fourth-order valence-corrected chi connectivity index (χ4v) is 6.75. The molecule has 63 heavy (non-hydrogen) atoms. The third-order valence-corrected chi connectivity index (χ3v) is 10.2. The fraction of sp³-hybridized carbons (Fsp3) is 0.757. The standard InChI is InChI=1S/C37H59N3O23/c1-16-29(49)31(51)32(52)35(59-16)58-15-25(23(12-42)57-9-8-38-34(53)19-6-4-5-7-21(19)46)61-26(14-44)60-24(13-43)28(48)17(2)62-37(36(54)55)10-20(40-56)27(39-18(3)45)33(63-37)30(50)22(47)11-41/h4-7,16-17,20,22-33,35,41-44,46-52H,8-15H2,1-3H3,(H,38,53)(H,39,45)(H,54,55)/t16?,17?,20?,22-,23?,24?,25+,26+,27-,28-,29-,30-,31?,32+,33?,35-,37-/m1/s1. The van der Waals surface area contributed by atoms with Crippen molar-refractivity contribution in [1.82, 2.24) is 10.6 Å². The molecule has 14 N–H and O–H groups in total. The monoisotopic (exact) mass is 913 g/mol. The number of amides is 2. The summed E-state index contributed by atoms with van der Waals surface area (Å²) in [6.07, 6.45) is -24.9. The minimum Gasteiger partial charge on any atom is -0.507 e. The van der Waals surface area contributed by atoms with Crippen LogP contribution in [0, 0.1) is 4.91 Å². The molecule has 7 unspecified atom stereocenters. The molecule has 0 bridgehead atoms. The van der Waals surface area contributed by atoms with Crippen LogP contribution in [-0.4, -0.2) is 229 Å². The van der Waals surface area contributed by atoms with Gasteiger partial charge in [-0.1, -0.05) is 17.3 Å². The summed E-state index contributed by atoms with van der Waals surface area (Å²) in [5, 5.41) is 131. The molecule has 2 aliphatic rings. The van der Waals surface area contributed by atoms with Gasteiger partial charge in [0.2, 0.25) is 5.91 Å². The van der Waals surface area contributed by atoms with E-state index in [0.29, 0.717) is 0 Å². The molecule has 2 fully saturated rings. The molecule has 0 aromatic heterocycles. The molecule has 0 aliphatic carbocycles. The van der Waals surface area contributed by atoms with Gasteiger partial charge >= 0.3 is 5.97 Å². The Bertz CT molecular complexity index is 1600. The molecular formula is C37H59N3O23. The van der Waals surface area contributed by atoms with E-state index in [4.69, 9.17) is 33.2 Å². The van der Waals surface area contributed by atoms with Gasteiger partial charge in [-0.25, -0.2) is 4.79 Å². The molecule has 2 amide bonds. The summed E-state index contributed by atoms with van der Waals surface area (Å²) in [4.78, 5) is 49.2. The van der Waals surface area contributed by atoms with Crippen molar-refractivity contribution >= 4 is 17.8 Å². The highest BCUT2D eigenvalue weighted by atomic mass is 16.7. The fourth-order valence-electron chi connectivity index (χ4n) is 6.75. The SMILES string of the molecule is CC(=O)N[C@@H]1C(N=O)C[C@](OC(C)[C@@H](O)C(CO)O[C@H](CO)O[C@@H](CO[C@@H]2OC(C)[C@@H](O)C(O)[C@@H]2O)C(CO)OCCNC(=O)c2ccccc2O)(C(=O)O)OC1[C@H](O)[C@H](O)CO. The van der Waals surface area contributed by atoms with Gasteiger partial charge in [-0.05, 0) is 26.0 Å². The smallest absolute Gasteiger partial charge is 0.364 e. The first-order chi connectivity index (χ1) is 29.8. The number of rotatable bonds is 26. The van der Waals surface area contributed by atoms with Crippen molar-refractivity contribution in [2.24, 2.45) is 5.18 Å². The number of phenols is 1. The summed E-state index contributed by atoms with van der Waals surface area (Å²) in [6.45, 7) is -1.65. The Morgan fingerprint density at radius 2 is 1.59 bits per heavy atom. The van der Waals surface area contributed by atoms with Crippen LogP contribution < -0.4 is 10.6 Å². The highest BCUT2D eigenvalue weighted by molar-refractivity contribution is 5.96. The van der Waals surface area contributed by atoms with Crippen LogP contribution in [0.15, 0.2) is 29.4 Å². The van der Waals surface area contributed by atoms with Crippen molar-refractivity contribution in [3.05, 3.63) is 34.7 Å². The molecule has 17 atom stereocenters. The molecule has 0 spiro atoms. The van der Waals surface area contributed by atoms with Crippen LogP contribution in [0.2, 0.25) is 0 Å². The zero-order valence-electron chi connectivity index (χ0n) is 34.5. The molecule has 26 nitrogen and oxygen atoms in total. The van der Waals surface area contributed by atoms with Gasteiger partial charge < -0.3 is 105 Å². The van der Waals surface area contributed by atoms with E-state index in [1.54, 1.807) is 0 Å². The number of para-hydroxylation sites is 1. The maximum atomic E-state index is 12.7. The molecule has 1 aromatic carbocycles. The lowest BCUT2D eigenvalue weighted by atomic mass is 9.87. The molecule has 26 heteroatoms. The Hall–Kier alpha value is -3.65. The third kappa shape index (κ3) is 14.2. The second-order valence-corrected chi connectivity index (χ2v) is 14.8. The second kappa shape index (κ2) is 25.2. The van der Waals surface area contributed by atoms with Gasteiger partial charge in [0.25, 0.3) is 11.7 Å². The van der Waals surface area contributed by atoms with Crippen LogP contribution in [-0.2, 0) is 42.7 Å². The van der Waals surface area contributed by atoms with Crippen molar-refractivity contribution < 1.29 is 109 Å². The highest BCUT2D eigenvalue weighted by Gasteiger charge is 2.58. The van der Waals surface area contributed by atoms with Gasteiger partial charge in [0.05, 0.1) is 63.5 Å². The molecule has 2 heterocycles. The lowest BCUT2D eigenvalue weighted by molar-refractivity contribution is -0.326. The normalized spacial score (nSPS) is 30.2. The number of nitrogens with zero attached hydrogens (tertiary/aromatic N) is 1. The van der Waals surface area contributed by atoms with E-state index < -0.39 is 161 Å². The number of carbonyl (C=O) groups is 3. The van der Waals surface area contributed by atoms with Gasteiger partial charge in [0.1, 0.15) is 72.8 Å². The molecule has 360 valence electrons. The summed E-state index contributed by atoms with van der Waals surface area (Å²) in [5.74, 6) is -6.59. The summed E-state index contributed by atoms with van der Waals surface area (Å²) in [5.41, 5.74) is -0.0373. The first-order valence-corrected chi connectivity index (χ1v) is 19.8. The maximum absolute atomic E-state index is 12.7. The Morgan fingerprint density at radius 1 is 0.937 bits per heavy atom. The van der Waals surface area contributed by atoms with E-state index in [1.165, 1.54) is 31.2 Å². The van der Waals surface area contributed by atoms with E-state index >= 15 is 0 Å². The molecule has 0 radical (unpaired) electrons. The minimum absolute atomic E-state index is 0.0373. The predicted molar refractivity (Wildman–Crippen MR) is 206 cm³/mol. The average molecular weight is 914 g/mol. The zero-order valence-corrected chi connectivity index (χ0v) is 34.5. The molecule has 2 saturated heterocycles. The van der Waals surface area contributed by atoms with Crippen LogP contribution in [0.5, 0.6) is 5.75 Å². The van der Waals surface area contributed by atoms with Crippen molar-refractivity contribution in [1.29, 1.82) is 0 Å². The number of carboxylic acid groups (broad SMARTS) is 1. The number of carboxylic acids is 1. The third-order valence-electron chi connectivity index (χ3n) is 10.2. The number of carbonyl (C=O) groups excluding carboxylic acids is 2. The number of phenolic OH excluding ortho intramolecular Hbond substituents is 1. The average Bonchev–Trinajstić information content (AvgIpc) is 3.26. The number of aromatic hydroxyl groups is 1. The van der Waals surface area contributed by atoms with Gasteiger partial charge in [0.15, 0.2) is 12.6 Å². The first kappa shape index (κ1) is 53.7. The van der Waals surface area contributed by atoms with E-state index in [2.05, 4.69) is 15.8 Å². The summed E-state index contributed by atoms with van der Waals surface area (Å²) in [7, 11) is 0. The second-order valence-electron chi connectivity index (χ2n) is 14.8. The number of hydrogen-bond acceptors (Lipinski definition) is 23. The van der Waals surface area contributed by atoms with Crippen LogP contribution in [0.4, 0.5) is 0 Å². The molecule has 0 saturated carbocycles. The Balaban J connectivity index is 1.82. The van der Waals surface area contributed by atoms with Crippen molar-refractivity contribution in [2.75, 3.05) is 46.2 Å². The number of ether oxygens (including phenoxy) is 7. The van der Waals surface area contributed by atoms with Crippen molar-refractivity contribution in [3.63, 3.8) is 0 Å². The number of nitroso groups, excluding NO2 is 1. The predicted octanol–water partition coefficient (Wildman–Crippen LogP) is -5.89. The van der Waals surface area contributed by atoms with Gasteiger partial charge in [-0.2, -0.15) is 4.91 Å². The van der Waals surface area contributed by atoms with E-state index in [-0.39, 0.29) is 24.5 Å². The topological polar surface area (TPSA) is 412 Å². The van der Waals surface area contributed by atoms with Crippen molar-refractivity contribution in [3.8, 4) is 5.75 Å². The quantitative estimate of drug-likeness (QED) is 0.0234. The van der Waals surface area contributed by atoms with Gasteiger partial charge in [-0.15, -0.1) is 0 Å². The van der Waals surface area contributed by atoms with Crippen molar-refractivity contribution in [2.45, 2.75) is 131 Å². The van der Waals surface area contributed by atoms with Gasteiger partial charge in [0, 0.05) is 19.9 Å². The largest absolute Gasteiger partial charge is 0.507 e. The summed E-state index contributed by atoms with van der Waals surface area (Å²) < 4.78 is 39.5. The number of hydrogen-bond donors (Lipinski definition) is 14. The molecule has 2 aliphatic heterocycles. The van der Waals surface area contributed by atoms with Gasteiger partial charge in [-0.3, -0.25) is 9.59 Å². The highest BCUT2D eigenvalue weighted by Crippen LogP contribution is 2.36. The Kier molecular flexibility index (Phi) is 21.4.